The lowest BCUT2D eigenvalue weighted by molar-refractivity contribution is -0.348. The number of amides is 1. The van der Waals surface area contributed by atoms with Gasteiger partial charge in [-0.25, -0.2) is 4.79 Å². The van der Waals surface area contributed by atoms with Gasteiger partial charge in [-0.3, -0.25) is 9.35 Å². The van der Waals surface area contributed by atoms with Crippen LogP contribution in [0.2, 0.25) is 0 Å². The molecule has 0 radical (unpaired) electrons. The third-order valence-electron chi connectivity index (χ3n) is 3.00. The highest BCUT2D eigenvalue weighted by Crippen LogP contribution is 2.37. The van der Waals surface area contributed by atoms with Crippen molar-refractivity contribution in [2.24, 2.45) is 0 Å². The fraction of sp³-hybridized carbons (Fsp3) is 0.667. The van der Waals surface area contributed by atoms with Crippen LogP contribution in [0.5, 0.6) is 0 Å². The number of rotatable bonds is 9. The Morgan fingerprint density at radius 3 is 1.97 bits per heavy atom. The molecule has 0 aliphatic heterocycles. The third kappa shape index (κ3) is 6.77. The molecule has 0 aliphatic carbocycles. The second-order valence-electron chi connectivity index (χ2n) is 5.19. The lowest BCUT2D eigenvalue weighted by Gasteiger charge is -2.34. The number of halogens is 8. The van der Waals surface area contributed by atoms with Crippen molar-refractivity contribution in [1.29, 1.82) is 0 Å². The first-order valence-corrected chi connectivity index (χ1v) is 8.44. The Morgan fingerprint density at radius 1 is 1.14 bits per heavy atom. The maximum atomic E-state index is 13.4. The van der Waals surface area contributed by atoms with E-state index in [9.17, 15) is 53.1 Å². The van der Waals surface area contributed by atoms with Gasteiger partial charge >= 0.3 is 45.4 Å². The first-order chi connectivity index (χ1) is 12.7. The topological polar surface area (TPSA) is 119 Å². The highest BCUT2D eigenvalue weighted by molar-refractivity contribution is 7.86. The summed E-state index contributed by atoms with van der Waals surface area (Å²) < 4.78 is 141. The highest BCUT2D eigenvalue weighted by atomic mass is 32.2. The normalized spacial score (nSPS) is 16.5. The van der Waals surface area contributed by atoms with Crippen molar-refractivity contribution in [3.8, 4) is 0 Å². The molecule has 0 saturated heterocycles. The minimum atomic E-state index is -6.12. The number of nitrogens with one attached hydrogen (secondary N) is 1. The second-order valence-corrected chi connectivity index (χ2v) is 6.73. The van der Waals surface area contributed by atoms with Gasteiger partial charge < -0.3 is 14.8 Å². The molecule has 0 spiro atoms. The Labute approximate surface area is 157 Å². The molecule has 0 bridgehead atoms. The zero-order valence-corrected chi connectivity index (χ0v) is 14.9. The lowest BCUT2D eigenvalue weighted by atomic mass is 10.2. The fourth-order valence-corrected chi connectivity index (χ4v) is 1.75. The van der Waals surface area contributed by atoms with Gasteiger partial charge in [0, 0.05) is 6.08 Å². The van der Waals surface area contributed by atoms with Crippen molar-refractivity contribution >= 4 is 22.0 Å². The van der Waals surface area contributed by atoms with Crippen LogP contribution >= 0.6 is 0 Å². The van der Waals surface area contributed by atoms with Crippen LogP contribution in [0.25, 0.3) is 0 Å². The summed E-state index contributed by atoms with van der Waals surface area (Å²) in [5.74, 6) is -9.66. The molecule has 1 amide bonds. The van der Waals surface area contributed by atoms with Gasteiger partial charge in [0.2, 0.25) is 0 Å². The lowest BCUT2D eigenvalue weighted by Crippen LogP contribution is -2.63. The third-order valence-corrected chi connectivity index (χ3v) is 3.96. The molecule has 0 heterocycles. The molecule has 0 aromatic heterocycles. The maximum Gasteiger partial charge on any atom is 0.466 e. The van der Waals surface area contributed by atoms with Crippen LogP contribution in [0.3, 0.4) is 0 Å². The van der Waals surface area contributed by atoms with Crippen LogP contribution < -0.4 is 5.32 Å². The van der Waals surface area contributed by atoms with E-state index in [1.807, 2.05) is 0 Å². The molecule has 0 saturated carbocycles. The number of carbonyl (C=O) groups excluding carboxylic acids is 2. The predicted octanol–water partition coefficient (Wildman–Crippen LogP) is 1.93. The van der Waals surface area contributed by atoms with Crippen LogP contribution in [-0.2, 0) is 29.2 Å². The average Bonchev–Trinajstić information content (AvgIpc) is 2.50. The predicted molar refractivity (Wildman–Crippen MR) is 75.8 cm³/mol. The summed E-state index contributed by atoms with van der Waals surface area (Å²) in [6, 6.07) is -2.93. The Kier molecular flexibility index (Phi) is 8.17. The van der Waals surface area contributed by atoms with Gasteiger partial charge in [0.15, 0.2) is 0 Å². The largest absolute Gasteiger partial charge is 0.466 e. The SMILES string of the molecule is C=CC(=O)OC(OCCC(F)(F)S(=O)(=O)O)(C(=O)NC(C)C(F)(F)F)C(F)(F)F. The molecule has 0 aromatic carbocycles. The molecule has 170 valence electrons. The zero-order chi connectivity index (χ0) is 23.5. The standard InChI is InChI=1S/C12H13F8NO7S/c1-3-7(22)28-10(12(18,19)20,8(23)21-6(2)11(15,16)17)27-5-4-9(13,14)29(24,25)26/h3,6H,1,4-5H2,2H3,(H,21,23)(H,24,25,26). The van der Waals surface area contributed by atoms with Crippen molar-refractivity contribution in [2.75, 3.05) is 6.61 Å². The van der Waals surface area contributed by atoms with Crippen molar-refractivity contribution < 1.29 is 67.2 Å². The smallest absolute Gasteiger partial charge is 0.412 e. The number of carbonyl (C=O) groups is 2. The van der Waals surface area contributed by atoms with Crippen molar-refractivity contribution in [2.45, 2.75) is 42.8 Å². The molecule has 2 atom stereocenters. The molecule has 2 N–H and O–H groups in total. The summed E-state index contributed by atoms with van der Waals surface area (Å²) in [5, 5.41) is -4.25. The molecule has 2 unspecified atom stereocenters. The minimum absolute atomic E-state index is 0.0527. The minimum Gasteiger partial charge on any atom is -0.412 e. The molecular weight excluding hydrogens is 454 g/mol. The fourth-order valence-electron chi connectivity index (χ4n) is 1.41. The van der Waals surface area contributed by atoms with Crippen LogP contribution in [0, 0.1) is 0 Å². The Morgan fingerprint density at radius 2 is 1.62 bits per heavy atom. The summed E-state index contributed by atoms with van der Waals surface area (Å²) in [6.45, 7) is 0.896. The Balaban J connectivity index is 5.99. The molecule has 8 nitrogen and oxygen atoms in total. The zero-order valence-electron chi connectivity index (χ0n) is 14.1. The molecule has 0 rings (SSSR count). The van der Waals surface area contributed by atoms with Gasteiger partial charge in [0.05, 0.1) is 13.0 Å². The number of alkyl halides is 8. The molecule has 17 heteroatoms. The summed E-state index contributed by atoms with van der Waals surface area (Å²) in [5.41, 5.74) is 0. The van der Waals surface area contributed by atoms with E-state index in [2.05, 4.69) is 16.1 Å². The van der Waals surface area contributed by atoms with Gasteiger partial charge in [0.25, 0.3) is 0 Å². The summed E-state index contributed by atoms with van der Waals surface area (Å²) >= 11 is 0. The monoisotopic (exact) mass is 467 g/mol. The van der Waals surface area contributed by atoms with E-state index in [4.69, 9.17) is 4.55 Å². The molecular formula is C12H13F8NO7S. The van der Waals surface area contributed by atoms with E-state index in [0.29, 0.717) is 0 Å². The van der Waals surface area contributed by atoms with Crippen LogP contribution in [0.1, 0.15) is 13.3 Å². The van der Waals surface area contributed by atoms with E-state index in [-0.39, 0.29) is 13.0 Å². The van der Waals surface area contributed by atoms with Crippen LogP contribution in [0.15, 0.2) is 12.7 Å². The van der Waals surface area contributed by atoms with Gasteiger partial charge in [0.1, 0.15) is 6.04 Å². The van der Waals surface area contributed by atoms with Crippen molar-refractivity contribution in [3.63, 3.8) is 0 Å². The van der Waals surface area contributed by atoms with E-state index in [1.54, 1.807) is 0 Å². The molecule has 0 fully saturated rings. The number of hydrogen-bond donors (Lipinski definition) is 2. The van der Waals surface area contributed by atoms with Gasteiger partial charge in [-0.05, 0) is 6.92 Å². The van der Waals surface area contributed by atoms with Crippen molar-refractivity contribution in [3.05, 3.63) is 12.7 Å². The van der Waals surface area contributed by atoms with Gasteiger partial charge in [-0.2, -0.15) is 43.5 Å². The maximum absolute atomic E-state index is 13.4. The van der Waals surface area contributed by atoms with E-state index < -0.39 is 64.5 Å². The number of ether oxygens (including phenoxy) is 2. The van der Waals surface area contributed by atoms with Crippen LogP contribution in [0.4, 0.5) is 35.1 Å². The van der Waals surface area contributed by atoms with Gasteiger partial charge in [-0.1, -0.05) is 6.58 Å². The Hall–Kier alpha value is -2.01. The quantitative estimate of drug-likeness (QED) is 0.175. The first kappa shape index (κ1) is 27.0. The highest BCUT2D eigenvalue weighted by Gasteiger charge is 2.67. The van der Waals surface area contributed by atoms with Gasteiger partial charge in [-0.15, -0.1) is 0 Å². The van der Waals surface area contributed by atoms with E-state index >= 15 is 0 Å². The number of esters is 1. The molecule has 29 heavy (non-hydrogen) atoms. The summed E-state index contributed by atoms with van der Waals surface area (Å²) in [6.07, 6.45) is -13.5. The van der Waals surface area contributed by atoms with E-state index in [0.717, 1.165) is 5.32 Å². The average molecular weight is 467 g/mol. The summed E-state index contributed by atoms with van der Waals surface area (Å²) in [7, 11) is -6.11. The summed E-state index contributed by atoms with van der Waals surface area (Å²) in [4.78, 5) is 23.0. The first-order valence-electron chi connectivity index (χ1n) is 7.00. The molecule has 0 aromatic rings. The van der Waals surface area contributed by atoms with Crippen LogP contribution in [-0.4, -0.2) is 60.9 Å². The molecule has 0 aliphatic rings. The van der Waals surface area contributed by atoms with E-state index in [1.165, 1.54) is 0 Å². The van der Waals surface area contributed by atoms with Crippen molar-refractivity contribution in [1.82, 2.24) is 5.32 Å². The number of hydrogen-bond acceptors (Lipinski definition) is 6. The second kappa shape index (κ2) is 8.78. The Bertz CT molecular complexity index is 734.